The summed E-state index contributed by atoms with van der Waals surface area (Å²) in [5.74, 6) is -0.279. The van der Waals surface area contributed by atoms with Crippen molar-refractivity contribution in [3.63, 3.8) is 0 Å². The van der Waals surface area contributed by atoms with Gasteiger partial charge in [-0.1, -0.05) is 0 Å². The van der Waals surface area contributed by atoms with Gasteiger partial charge in [-0.25, -0.2) is 8.78 Å². The molecule has 1 unspecified atom stereocenters. The van der Waals surface area contributed by atoms with Gasteiger partial charge in [0.25, 0.3) is 6.43 Å². The fourth-order valence-corrected chi connectivity index (χ4v) is 1.55. The summed E-state index contributed by atoms with van der Waals surface area (Å²) in [5.41, 5.74) is 0.212. The summed E-state index contributed by atoms with van der Waals surface area (Å²) in [5, 5.41) is 6.37. The molecule has 0 aliphatic rings. The number of alkyl halides is 2. The summed E-state index contributed by atoms with van der Waals surface area (Å²) in [6.45, 7) is 4.02. The first-order valence-corrected chi connectivity index (χ1v) is 5.58. The fourth-order valence-electron chi connectivity index (χ4n) is 1.55. The lowest BCUT2D eigenvalue weighted by Gasteiger charge is -2.14. The Morgan fingerprint density at radius 1 is 1.61 bits per heavy atom. The molecule has 0 bridgehead atoms. The molecule has 0 aliphatic heterocycles. The van der Waals surface area contributed by atoms with E-state index in [1.807, 2.05) is 0 Å². The molecule has 1 amide bonds. The predicted octanol–water partition coefficient (Wildman–Crippen LogP) is 1.45. The van der Waals surface area contributed by atoms with Crippen molar-refractivity contribution in [1.82, 2.24) is 15.1 Å². The minimum Gasteiger partial charge on any atom is -0.383 e. The topological polar surface area (TPSA) is 56.1 Å². The Hall–Kier alpha value is -1.50. The molecule has 0 spiro atoms. The highest BCUT2D eigenvalue weighted by atomic mass is 19.3. The highest BCUT2D eigenvalue weighted by Crippen LogP contribution is 2.20. The molecular weight excluding hydrogens is 244 g/mol. The van der Waals surface area contributed by atoms with Crippen LogP contribution in [0.2, 0.25) is 0 Å². The Morgan fingerprint density at radius 3 is 2.78 bits per heavy atom. The van der Waals surface area contributed by atoms with E-state index < -0.39 is 12.5 Å². The number of rotatable bonds is 6. The van der Waals surface area contributed by atoms with Gasteiger partial charge in [-0.05, 0) is 19.9 Å². The van der Waals surface area contributed by atoms with E-state index in [1.54, 1.807) is 13.8 Å². The number of nitrogens with one attached hydrogen (secondary N) is 1. The summed E-state index contributed by atoms with van der Waals surface area (Å²) in [4.78, 5) is 11.7. The van der Waals surface area contributed by atoms with E-state index in [1.165, 1.54) is 17.9 Å². The number of aromatic nitrogens is 2. The van der Waals surface area contributed by atoms with Crippen LogP contribution in [0, 0.1) is 6.92 Å². The van der Waals surface area contributed by atoms with Crippen molar-refractivity contribution < 1.29 is 18.3 Å². The quantitative estimate of drug-likeness (QED) is 0.789. The Labute approximate surface area is 104 Å². The van der Waals surface area contributed by atoms with Crippen molar-refractivity contribution in [1.29, 1.82) is 0 Å². The van der Waals surface area contributed by atoms with E-state index in [0.717, 1.165) is 0 Å². The zero-order chi connectivity index (χ0) is 13.7. The molecule has 0 saturated carbocycles. The molecule has 0 radical (unpaired) electrons. The van der Waals surface area contributed by atoms with Gasteiger partial charge in [0.1, 0.15) is 11.7 Å². The molecule has 1 aromatic rings. The number of amides is 1. The summed E-state index contributed by atoms with van der Waals surface area (Å²) in [6, 6.07) is 0.651. The number of halogens is 2. The molecule has 1 aromatic heterocycles. The Kier molecular flexibility index (Phi) is 5.21. The molecule has 5 nitrogen and oxygen atoms in total. The van der Waals surface area contributed by atoms with Crippen LogP contribution in [0.3, 0.4) is 0 Å². The van der Waals surface area contributed by atoms with E-state index >= 15 is 0 Å². The molecule has 18 heavy (non-hydrogen) atoms. The van der Waals surface area contributed by atoms with Crippen molar-refractivity contribution in [2.45, 2.75) is 26.3 Å². The third-order valence-corrected chi connectivity index (χ3v) is 2.52. The smallest absolute Gasteiger partial charge is 0.282 e. The molecule has 0 aromatic carbocycles. The number of carbonyl (C=O) groups excluding carboxylic acids is 1. The van der Waals surface area contributed by atoms with Crippen molar-refractivity contribution >= 4 is 5.91 Å². The molecule has 0 aliphatic carbocycles. The second-order valence-electron chi connectivity index (χ2n) is 3.92. The molecule has 1 atom stereocenters. The first-order chi connectivity index (χ1) is 8.47. The van der Waals surface area contributed by atoms with E-state index in [4.69, 9.17) is 4.74 Å². The monoisotopic (exact) mass is 261 g/mol. The Morgan fingerprint density at radius 2 is 2.28 bits per heavy atom. The SMILES string of the molecule is COCCNC(=O)C(C)n1nc(C(F)F)cc1C. The maximum atomic E-state index is 12.5. The molecule has 7 heteroatoms. The number of ether oxygens (including phenoxy) is 1. The molecule has 0 saturated heterocycles. The van der Waals surface area contributed by atoms with Crippen molar-refractivity contribution in [3.05, 3.63) is 17.5 Å². The maximum Gasteiger partial charge on any atom is 0.282 e. The van der Waals surface area contributed by atoms with Crippen LogP contribution in [-0.2, 0) is 9.53 Å². The van der Waals surface area contributed by atoms with E-state index in [-0.39, 0.29) is 11.6 Å². The van der Waals surface area contributed by atoms with Crippen LogP contribution in [0.15, 0.2) is 6.07 Å². The van der Waals surface area contributed by atoms with Gasteiger partial charge < -0.3 is 10.1 Å². The average molecular weight is 261 g/mol. The molecule has 1 N–H and O–H groups in total. The van der Waals surface area contributed by atoms with Gasteiger partial charge in [-0.15, -0.1) is 0 Å². The van der Waals surface area contributed by atoms with Gasteiger partial charge in [0, 0.05) is 19.3 Å². The van der Waals surface area contributed by atoms with Crippen LogP contribution >= 0.6 is 0 Å². The summed E-state index contributed by atoms with van der Waals surface area (Å²) >= 11 is 0. The van der Waals surface area contributed by atoms with E-state index in [0.29, 0.717) is 18.8 Å². The van der Waals surface area contributed by atoms with Gasteiger partial charge in [0.05, 0.1) is 6.61 Å². The number of hydrogen-bond donors (Lipinski definition) is 1. The lowest BCUT2D eigenvalue weighted by Crippen LogP contribution is -2.34. The number of nitrogens with zero attached hydrogens (tertiary/aromatic N) is 2. The Balaban J connectivity index is 2.71. The van der Waals surface area contributed by atoms with Crippen LogP contribution < -0.4 is 5.32 Å². The first-order valence-electron chi connectivity index (χ1n) is 5.58. The van der Waals surface area contributed by atoms with Crippen molar-refractivity contribution in [3.8, 4) is 0 Å². The third kappa shape index (κ3) is 3.49. The zero-order valence-corrected chi connectivity index (χ0v) is 10.6. The van der Waals surface area contributed by atoms with Gasteiger partial charge in [0.15, 0.2) is 0 Å². The second-order valence-corrected chi connectivity index (χ2v) is 3.92. The first kappa shape index (κ1) is 14.6. The molecule has 1 heterocycles. The minimum absolute atomic E-state index is 0.279. The molecule has 0 fully saturated rings. The highest BCUT2D eigenvalue weighted by molar-refractivity contribution is 5.79. The van der Waals surface area contributed by atoms with Crippen molar-refractivity contribution in [2.24, 2.45) is 0 Å². The largest absolute Gasteiger partial charge is 0.383 e. The predicted molar refractivity (Wildman–Crippen MR) is 61.5 cm³/mol. The van der Waals surface area contributed by atoms with Crippen LogP contribution in [0.25, 0.3) is 0 Å². The lowest BCUT2D eigenvalue weighted by molar-refractivity contribution is -0.124. The van der Waals surface area contributed by atoms with Gasteiger partial charge >= 0.3 is 0 Å². The van der Waals surface area contributed by atoms with Crippen LogP contribution in [0.4, 0.5) is 8.78 Å². The Bertz CT molecular complexity index is 407. The number of carbonyl (C=O) groups is 1. The summed E-state index contributed by atoms with van der Waals surface area (Å²) in [7, 11) is 1.53. The van der Waals surface area contributed by atoms with Gasteiger partial charge in [-0.2, -0.15) is 5.10 Å². The van der Waals surface area contributed by atoms with Crippen LogP contribution in [0.5, 0.6) is 0 Å². The molecule has 102 valence electrons. The second kappa shape index (κ2) is 6.44. The number of hydrogen-bond acceptors (Lipinski definition) is 3. The molecule has 1 rings (SSSR count). The van der Waals surface area contributed by atoms with Crippen LogP contribution in [-0.4, -0.2) is 35.9 Å². The normalized spacial score (nSPS) is 12.8. The van der Waals surface area contributed by atoms with Crippen LogP contribution in [0.1, 0.15) is 30.8 Å². The standard InChI is InChI=1S/C11H17F2N3O2/c1-7-6-9(10(12)13)15-16(7)8(2)11(17)14-4-5-18-3/h6,8,10H,4-5H2,1-3H3,(H,14,17). The lowest BCUT2D eigenvalue weighted by atomic mass is 10.3. The summed E-state index contributed by atoms with van der Waals surface area (Å²) < 4.78 is 31.1. The zero-order valence-electron chi connectivity index (χ0n) is 10.6. The third-order valence-electron chi connectivity index (χ3n) is 2.52. The molecular formula is C11H17F2N3O2. The van der Waals surface area contributed by atoms with Crippen molar-refractivity contribution in [2.75, 3.05) is 20.3 Å². The minimum atomic E-state index is -2.63. The van der Waals surface area contributed by atoms with E-state index in [2.05, 4.69) is 10.4 Å². The van der Waals surface area contributed by atoms with Gasteiger partial charge in [0.2, 0.25) is 5.91 Å². The summed E-state index contributed by atoms with van der Waals surface area (Å²) in [6.07, 6.45) is -2.63. The van der Waals surface area contributed by atoms with E-state index in [9.17, 15) is 13.6 Å². The fraction of sp³-hybridized carbons (Fsp3) is 0.636. The maximum absolute atomic E-state index is 12.5. The number of aryl methyl sites for hydroxylation is 1. The highest BCUT2D eigenvalue weighted by Gasteiger charge is 2.20. The number of methoxy groups -OCH3 is 1. The van der Waals surface area contributed by atoms with Gasteiger partial charge in [-0.3, -0.25) is 9.48 Å². The average Bonchev–Trinajstić information content (AvgIpc) is 2.70.